The maximum atomic E-state index is 14.0. The van der Waals surface area contributed by atoms with E-state index in [9.17, 15) is 8.78 Å². The van der Waals surface area contributed by atoms with Gasteiger partial charge in [-0.1, -0.05) is 0 Å². The zero-order valence-electron chi connectivity index (χ0n) is 10.3. The van der Waals surface area contributed by atoms with Gasteiger partial charge in [-0.2, -0.15) is 0 Å². The fourth-order valence-electron chi connectivity index (χ4n) is 2.44. The number of hydrogen-bond acceptors (Lipinski definition) is 2. The van der Waals surface area contributed by atoms with Gasteiger partial charge < -0.3 is 9.67 Å². The standard InChI is InChI=1S/C14H12F2N2O/c1-8-4-12-13(17-7-8)10-5-9(15)6-11(16)14(10)18(12)2-3-19/h4-7,19H,2-3H2,1H3. The molecule has 19 heavy (non-hydrogen) atoms. The van der Waals surface area contributed by atoms with Crippen molar-refractivity contribution < 1.29 is 13.9 Å². The molecule has 0 saturated carbocycles. The molecule has 3 nitrogen and oxygen atoms in total. The molecule has 0 spiro atoms. The first kappa shape index (κ1) is 12.0. The lowest BCUT2D eigenvalue weighted by molar-refractivity contribution is 0.279. The summed E-state index contributed by atoms with van der Waals surface area (Å²) in [6, 6.07) is 3.98. The first-order chi connectivity index (χ1) is 9.11. The Kier molecular flexibility index (Phi) is 2.71. The second-order valence-electron chi connectivity index (χ2n) is 4.54. The average molecular weight is 262 g/mol. The minimum Gasteiger partial charge on any atom is -0.395 e. The predicted octanol–water partition coefficient (Wildman–Crippen LogP) is 2.77. The number of nitrogens with zero attached hydrogens (tertiary/aromatic N) is 2. The van der Waals surface area contributed by atoms with E-state index in [1.54, 1.807) is 10.8 Å². The molecule has 0 bridgehead atoms. The molecule has 0 unspecified atom stereocenters. The van der Waals surface area contributed by atoms with E-state index in [0.29, 0.717) is 16.4 Å². The van der Waals surface area contributed by atoms with Crippen molar-refractivity contribution in [3.05, 3.63) is 41.6 Å². The lowest BCUT2D eigenvalue weighted by Gasteiger charge is -2.05. The summed E-state index contributed by atoms with van der Waals surface area (Å²) in [5.74, 6) is -1.27. The number of hydrogen-bond donors (Lipinski definition) is 1. The van der Waals surface area contributed by atoms with E-state index in [4.69, 9.17) is 5.11 Å². The third-order valence-corrected chi connectivity index (χ3v) is 3.17. The largest absolute Gasteiger partial charge is 0.395 e. The molecule has 0 atom stereocenters. The fraction of sp³-hybridized carbons (Fsp3) is 0.214. The summed E-state index contributed by atoms with van der Waals surface area (Å²) in [5.41, 5.74) is 2.46. The van der Waals surface area contributed by atoms with Gasteiger partial charge in [-0.25, -0.2) is 8.78 Å². The predicted molar refractivity (Wildman–Crippen MR) is 69.0 cm³/mol. The molecule has 0 amide bonds. The Balaban J connectivity index is 2.53. The van der Waals surface area contributed by atoms with Crippen LogP contribution in [-0.4, -0.2) is 21.3 Å². The van der Waals surface area contributed by atoms with E-state index < -0.39 is 11.6 Å². The van der Waals surface area contributed by atoms with E-state index >= 15 is 0 Å². The molecule has 0 fully saturated rings. The summed E-state index contributed by atoms with van der Waals surface area (Å²) in [6.07, 6.45) is 1.66. The maximum absolute atomic E-state index is 14.0. The van der Waals surface area contributed by atoms with Gasteiger partial charge in [0, 0.05) is 24.2 Å². The Hall–Kier alpha value is -2.01. The number of pyridine rings is 1. The first-order valence-electron chi connectivity index (χ1n) is 5.96. The van der Waals surface area contributed by atoms with Gasteiger partial charge in [0.15, 0.2) is 0 Å². The van der Waals surface area contributed by atoms with Crippen molar-refractivity contribution in [2.24, 2.45) is 0 Å². The lowest BCUT2D eigenvalue weighted by atomic mass is 10.2. The number of halogens is 2. The lowest BCUT2D eigenvalue weighted by Crippen LogP contribution is -2.03. The third kappa shape index (κ3) is 1.77. The van der Waals surface area contributed by atoms with E-state index in [2.05, 4.69) is 4.98 Å². The summed E-state index contributed by atoms with van der Waals surface area (Å²) >= 11 is 0. The Morgan fingerprint density at radius 3 is 2.79 bits per heavy atom. The van der Waals surface area contributed by atoms with E-state index in [-0.39, 0.29) is 18.7 Å². The highest BCUT2D eigenvalue weighted by Crippen LogP contribution is 2.30. The molecule has 0 aliphatic carbocycles. The summed E-state index contributed by atoms with van der Waals surface area (Å²) in [6.45, 7) is 2.00. The summed E-state index contributed by atoms with van der Waals surface area (Å²) in [4.78, 5) is 4.26. The highest BCUT2D eigenvalue weighted by molar-refractivity contribution is 6.06. The van der Waals surface area contributed by atoms with Crippen LogP contribution in [0.5, 0.6) is 0 Å². The van der Waals surface area contributed by atoms with Crippen molar-refractivity contribution in [3.8, 4) is 0 Å². The van der Waals surface area contributed by atoms with E-state index in [1.165, 1.54) is 6.07 Å². The molecule has 3 aromatic rings. The highest BCUT2D eigenvalue weighted by atomic mass is 19.1. The first-order valence-corrected chi connectivity index (χ1v) is 5.96. The summed E-state index contributed by atoms with van der Waals surface area (Å²) in [7, 11) is 0. The van der Waals surface area contributed by atoms with Gasteiger partial charge in [-0.05, 0) is 24.6 Å². The quantitative estimate of drug-likeness (QED) is 0.771. The second kappa shape index (κ2) is 4.28. The van der Waals surface area contributed by atoms with Gasteiger partial charge in [-0.3, -0.25) is 4.98 Å². The van der Waals surface area contributed by atoms with Crippen LogP contribution >= 0.6 is 0 Å². The molecule has 2 heterocycles. The van der Waals surface area contributed by atoms with Crippen molar-refractivity contribution in [2.75, 3.05) is 6.61 Å². The van der Waals surface area contributed by atoms with Gasteiger partial charge in [0.1, 0.15) is 11.6 Å². The van der Waals surface area contributed by atoms with Crippen LogP contribution in [0.25, 0.3) is 21.9 Å². The Bertz CT molecular complexity index is 780. The molecule has 0 aliphatic rings. The zero-order valence-corrected chi connectivity index (χ0v) is 10.3. The molecular weight excluding hydrogens is 250 g/mol. The number of benzene rings is 1. The topological polar surface area (TPSA) is 38.0 Å². The van der Waals surface area contributed by atoms with Crippen molar-refractivity contribution in [1.29, 1.82) is 0 Å². The van der Waals surface area contributed by atoms with Gasteiger partial charge in [0.05, 0.1) is 23.2 Å². The van der Waals surface area contributed by atoms with Gasteiger partial charge in [-0.15, -0.1) is 0 Å². The third-order valence-electron chi connectivity index (χ3n) is 3.17. The zero-order chi connectivity index (χ0) is 13.6. The fourth-order valence-corrected chi connectivity index (χ4v) is 2.44. The Morgan fingerprint density at radius 2 is 2.05 bits per heavy atom. The van der Waals surface area contributed by atoms with Crippen molar-refractivity contribution in [2.45, 2.75) is 13.5 Å². The van der Waals surface area contributed by atoms with Crippen molar-refractivity contribution in [1.82, 2.24) is 9.55 Å². The monoisotopic (exact) mass is 262 g/mol. The number of rotatable bonds is 2. The number of fused-ring (bicyclic) bond motifs is 3. The average Bonchev–Trinajstić information content (AvgIpc) is 2.64. The van der Waals surface area contributed by atoms with E-state index in [1.807, 2.05) is 13.0 Å². The highest BCUT2D eigenvalue weighted by Gasteiger charge is 2.16. The maximum Gasteiger partial charge on any atom is 0.150 e. The molecular formula is C14H12F2N2O. The molecule has 1 aromatic carbocycles. The van der Waals surface area contributed by atoms with E-state index in [0.717, 1.165) is 11.6 Å². The van der Waals surface area contributed by atoms with Crippen LogP contribution in [0.2, 0.25) is 0 Å². The van der Waals surface area contributed by atoms with Gasteiger partial charge in [0.25, 0.3) is 0 Å². The molecule has 3 rings (SSSR count). The number of aryl methyl sites for hydroxylation is 1. The van der Waals surface area contributed by atoms with Crippen LogP contribution in [0.1, 0.15) is 5.56 Å². The van der Waals surface area contributed by atoms with Crippen LogP contribution in [0, 0.1) is 18.6 Å². The van der Waals surface area contributed by atoms with Crippen LogP contribution in [0.4, 0.5) is 8.78 Å². The Morgan fingerprint density at radius 1 is 1.26 bits per heavy atom. The van der Waals surface area contributed by atoms with Gasteiger partial charge in [0.2, 0.25) is 0 Å². The van der Waals surface area contributed by atoms with Gasteiger partial charge >= 0.3 is 0 Å². The number of aromatic nitrogens is 2. The molecule has 98 valence electrons. The van der Waals surface area contributed by atoms with Crippen LogP contribution < -0.4 is 0 Å². The molecule has 2 aromatic heterocycles. The molecule has 0 saturated heterocycles. The summed E-state index contributed by atoms with van der Waals surface area (Å²) in [5, 5.41) is 9.57. The number of aliphatic hydroxyl groups is 1. The second-order valence-corrected chi connectivity index (χ2v) is 4.54. The minimum absolute atomic E-state index is 0.121. The summed E-state index contributed by atoms with van der Waals surface area (Å²) < 4.78 is 29.0. The smallest absolute Gasteiger partial charge is 0.150 e. The van der Waals surface area contributed by atoms with Crippen LogP contribution in [0.15, 0.2) is 24.4 Å². The van der Waals surface area contributed by atoms with Crippen molar-refractivity contribution in [3.63, 3.8) is 0 Å². The number of aliphatic hydroxyl groups excluding tert-OH is 1. The molecule has 1 N–H and O–H groups in total. The normalized spacial score (nSPS) is 11.6. The SMILES string of the molecule is Cc1cnc2c3cc(F)cc(F)c3n(CCO)c2c1. The molecule has 0 radical (unpaired) electrons. The van der Waals surface area contributed by atoms with Crippen LogP contribution in [0.3, 0.4) is 0 Å². The molecule has 0 aliphatic heterocycles. The minimum atomic E-state index is -0.640. The van der Waals surface area contributed by atoms with Crippen LogP contribution in [-0.2, 0) is 6.54 Å². The molecule has 5 heteroatoms. The van der Waals surface area contributed by atoms with Crippen molar-refractivity contribution >= 4 is 21.9 Å². The Labute approximate surface area is 108 Å².